The maximum Gasteiger partial charge on any atom is 0.163 e. The van der Waals surface area contributed by atoms with E-state index in [9.17, 15) is 4.79 Å². The van der Waals surface area contributed by atoms with Crippen molar-refractivity contribution in [1.29, 1.82) is 0 Å². The predicted molar refractivity (Wildman–Crippen MR) is 83.1 cm³/mol. The van der Waals surface area contributed by atoms with Gasteiger partial charge in [-0.3, -0.25) is 4.79 Å². The number of nitrogen functional groups attached to an aromatic ring is 1. The number of ether oxygens (including phenoxy) is 2. The van der Waals surface area contributed by atoms with E-state index in [4.69, 9.17) is 15.2 Å². The Hall–Kier alpha value is -2.49. The van der Waals surface area contributed by atoms with Crippen LogP contribution in [0.25, 0.3) is 0 Å². The lowest BCUT2D eigenvalue weighted by Crippen LogP contribution is -2.02. The van der Waals surface area contributed by atoms with Crippen LogP contribution in [-0.2, 0) is 6.42 Å². The van der Waals surface area contributed by atoms with E-state index in [0.717, 1.165) is 11.3 Å². The number of rotatable bonds is 6. The maximum atomic E-state index is 12.2. The molecule has 4 nitrogen and oxygen atoms in total. The molecule has 0 aliphatic heterocycles. The monoisotopic (exact) mass is 285 g/mol. The van der Waals surface area contributed by atoms with Crippen LogP contribution >= 0.6 is 0 Å². The highest BCUT2D eigenvalue weighted by molar-refractivity contribution is 5.96. The zero-order valence-electron chi connectivity index (χ0n) is 12.3. The maximum absolute atomic E-state index is 12.2. The van der Waals surface area contributed by atoms with Crippen molar-refractivity contribution in [3.05, 3.63) is 53.6 Å². The Balaban J connectivity index is 2.04. The van der Waals surface area contributed by atoms with E-state index >= 15 is 0 Å². The third kappa shape index (κ3) is 3.75. The van der Waals surface area contributed by atoms with Crippen LogP contribution in [0.4, 0.5) is 5.69 Å². The first-order valence-corrected chi connectivity index (χ1v) is 6.73. The van der Waals surface area contributed by atoms with E-state index < -0.39 is 0 Å². The van der Waals surface area contributed by atoms with Crippen LogP contribution in [0.1, 0.15) is 22.3 Å². The summed E-state index contributed by atoms with van der Waals surface area (Å²) in [6, 6.07) is 12.8. The Kier molecular flexibility index (Phi) is 4.82. The van der Waals surface area contributed by atoms with Crippen LogP contribution in [0.15, 0.2) is 42.5 Å². The van der Waals surface area contributed by atoms with Crippen molar-refractivity contribution in [1.82, 2.24) is 0 Å². The minimum Gasteiger partial charge on any atom is -0.493 e. The molecule has 0 fully saturated rings. The van der Waals surface area contributed by atoms with Crippen LogP contribution in [0.2, 0.25) is 0 Å². The average Bonchev–Trinajstić information content (AvgIpc) is 2.53. The first kappa shape index (κ1) is 14.9. The zero-order chi connectivity index (χ0) is 15.2. The topological polar surface area (TPSA) is 61.5 Å². The van der Waals surface area contributed by atoms with Crippen molar-refractivity contribution in [2.75, 3.05) is 20.0 Å². The molecule has 4 heteroatoms. The number of hydrogen-bond donors (Lipinski definition) is 1. The SMILES string of the molecule is COc1ccc(C(=O)CCc2ccc(N)cc2)cc1OC. The van der Waals surface area contributed by atoms with Crippen LogP contribution in [0.5, 0.6) is 11.5 Å². The number of hydrogen-bond acceptors (Lipinski definition) is 4. The number of Topliss-reactive ketones (excluding diaryl/α,β-unsaturated/α-hetero) is 1. The van der Waals surface area contributed by atoms with Gasteiger partial charge in [0, 0.05) is 17.7 Å². The quantitative estimate of drug-likeness (QED) is 0.654. The third-order valence-electron chi connectivity index (χ3n) is 3.33. The Morgan fingerprint density at radius 3 is 2.29 bits per heavy atom. The number of benzene rings is 2. The van der Waals surface area contributed by atoms with Crippen molar-refractivity contribution in [2.45, 2.75) is 12.8 Å². The first-order chi connectivity index (χ1) is 10.1. The standard InChI is InChI=1S/C17H19NO3/c1-20-16-10-6-13(11-17(16)21-2)15(19)9-5-12-3-7-14(18)8-4-12/h3-4,6-8,10-11H,5,9,18H2,1-2H3. The lowest BCUT2D eigenvalue weighted by atomic mass is 10.0. The van der Waals surface area contributed by atoms with Crippen molar-refractivity contribution < 1.29 is 14.3 Å². The number of anilines is 1. The van der Waals surface area contributed by atoms with E-state index in [2.05, 4.69) is 0 Å². The molecule has 0 atom stereocenters. The molecule has 0 aromatic heterocycles. The van der Waals surface area contributed by atoms with Gasteiger partial charge in [0.15, 0.2) is 17.3 Å². The second-order valence-electron chi connectivity index (χ2n) is 4.73. The Morgan fingerprint density at radius 2 is 1.67 bits per heavy atom. The van der Waals surface area contributed by atoms with Crippen LogP contribution < -0.4 is 15.2 Å². The lowest BCUT2D eigenvalue weighted by Gasteiger charge is -2.09. The van der Waals surface area contributed by atoms with Gasteiger partial charge in [0.2, 0.25) is 0 Å². The smallest absolute Gasteiger partial charge is 0.163 e. The zero-order valence-corrected chi connectivity index (χ0v) is 12.3. The normalized spacial score (nSPS) is 10.2. The van der Waals surface area contributed by atoms with Gasteiger partial charge in [0.05, 0.1) is 14.2 Å². The van der Waals surface area contributed by atoms with Gasteiger partial charge in [-0.15, -0.1) is 0 Å². The Bertz CT molecular complexity index is 620. The van der Waals surface area contributed by atoms with Gasteiger partial charge in [0.25, 0.3) is 0 Å². The van der Waals surface area contributed by atoms with E-state index in [0.29, 0.717) is 29.9 Å². The Labute approximate surface area is 124 Å². The van der Waals surface area contributed by atoms with Crippen molar-refractivity contribution in [2.24, 2.45) is 0 Å². The van der Waals surface area contributed by atoms with Crippen molar-refractivity contribution in [3.63, 3.8) is 0 Å². The molecule has 0 radical (unpaired) electrons. The summed E-state index contributed by atoms with van der Waals surface area (Å²) in [7, 11) is 3.13. The van der Waals surface area contributed by atoms with Gasteiger partial charge in [-0.2, -0.15) is 0 Å². The van der Waals surface area contributed by atoms with E-state index in [-0.39, 0.29) is 5.78 Å². The Morgan fingerprint density at radius 1 is 1.00 bits per heavy atom. The molecule has 0 aliphatic rings. The first-order valence-electron chi connectivity index (χ1n) is 6.73. The molecule has 21 heavy (non-hydrogen) atoms. The van der Waals surface area contributed by atoms with E-state index in [1.54, 1.807) is 32.4 Å². The fourth-order valence-corrected chi connectivity index (χ4v) is 2.10. The van der Waals surface area contributed by atoms with Crippen LogP contribution in [0.3, 0.4) is 0 Å². The average molecular weight is 285 g/mol. The van der Waals surface area contributed by atoms with E-state index in [1.165, 1.54) is 0 Å². The molecule has 0 spiro atoms. The molecule has 0 heterocycles. The summed E-state index contributed by atoms with van der Waals surface area (Å²) in [5, 5.41) is 0. The summed E-state index contributed by atoms with van der Waals surface area (Å²) in [6.45, 7) is 0. The minimum atomic E-state index is 0.0766. The number of methoxy groups -OCH3 is 2. The summed E-state index contributed by atoms with van der Waals surface area (Å²) in [5.41, 5.74) is 8.09. The molecule has 0 saturated carbocycles. The molecule has 110 valence electrons. The highest BCUT2D eigenvalue weighted by Crippen LogP contribution is 2.28. The molecule has 0 bridgehead atoms. The second-order valence-corrected chi connectivity index (χ2v) is 4.73. The molecule has 0 saturated heterocycles. The molecule has 2 aromatic rings. The van der Waals surface area contributed by atoms with Crippen LogP contribution in [-0.4, -0.2) is 20.0 Å². The number of carbonyl (C=O) groups excluding carboxylic acids is 1. The predicted octanol–water partition coefficient (Wildman–Crippen LogP) is 3.10. The molecule has 0 unspecified atom stereocenters. The fourth-order valence-electron chi connectivity index (χ4n) is 2.10. The number of aryl methyl sites for hydroxylation is 1. The van der Waals surface area contributed by atoms with Crippen molar-refractivity contribution in [3.8, 4) is 11.5 Å². The highest BCUT2D eigenvalue weighted by atomic mass is 16.5. The number of carbonyl (C=O) groups is 1. The molecule has 2 rings (SSSR count). The van der Waals surface area contributed by atoms with Crippen molar-refractivity contribution >= 4 is 11.5 Å². The van der Waals surface area contributed by atoms with Gasteiger partial charge >= 0.3 is 0 Å². The third-order valence-corrected chi connectivity index (χ3v) is 3.33. The van der Waals surface area contributed by atoms with Gasteiger partial charge in [-0.05, 0) is 42.3 Å². The van der Waals surface area contributed by atoms with Gasteiger partial charge in [-0.25, -0.2) is 0 Å². The van der Waals surface area contributed by atoms with E-state index in [1.807, 2.05) is 24.3 Å². The summed E-state index contributed by atoms with van der Waals surface area (Å²) >= 11 is 0. The molecule has 2 aromatic carbocycles. The minimum absolute atomic E-state index is 0.0766. The second kappa shape index (κ2) is 6.79. The van der Waals surface area contributed by atoms with Gasteiger partial charge in [0.1, 0.15) is 0 Å². The van der Waals surface area contributed by atoms with Gasteiger partial charge < -0.3 is 15.2 Å². The lowest BCUT2D eigenvalue weighted by molar-refractivity contribution is 0.0982. The largest absolute Gasteiger partial charge is 0.493 e. The summed E-state index contributed by atoms with van der Waals surface area (Å²) in [4.78, 5) is 12.2. The molecule has 0 amide bonds. The number of ketones is 1. The fraction of sp³-hybridized carbons (Fsp3) is 0.235. The highest BCUT2D eigenvalue weighted by Gasteiger charge is 2.10. The molecular weight excluding hydrogens is 266 g/mol. The van der Waals surface area contributed by atoms with Gasteiger partial charge in [-0.1, -0.05) is 12.1 Å². The summed E-state index contributed by atoms with van der Waals surface area (Å²) in [5.74, 6) is 1.26. The number of nitrogens with two attached hydrogens (primary N) is 1. The summed E-state index contributed by atoms with van der Waals surface area (Å²) in [6.07, 6.45) is 1.13. The molecule has 2 N–H and O–H groups in total. The van der Waals surface area contributed by atoms with Crippen LogP contribution in [0, 0.1) is 0 Å². The summed E-state index contributed by atoms with van der Waals surface area (Å²) < 4.78 is 10.4. The molecule has 0 aliphatic carbocycles. The molecular formula is C17H19NO3.